The zero-order valence-corrected chi connectivity index (χ0v) is 14.0. The Hall–Kier alpha value is -0.160. The minimum absolute atomic E-state index is 0.178. The Morgan fingerprint density at radius 2 is 1.74 bits per heavy atom. The second kappa shape index (κ2) is 8.90. The van der Waals surface area contributed by atoms with Crippen LogP contribution in [-0.4, -0.2) is 73.9 Å². The normalized spacial score (nSPS) is 17.2. The third-order valence-electron chi connectivity index (χ3n) is 3.76. The molecule has 0 saturated carbocycles. The van der Waals surface area contributed by atoms with Crippen molar-refractivity contribution < 1.29 is 5.11 Å². The van der Waals surface area contributed by atoms with Gasteiger partial charge in [-0.25, -0.2) is 0 Å². The van der Waals surface area contributed by atoms with E-state index in [9.17, 15) is 5.11 Å². The summed E-state index contributed by atoms with van der Waals surface area (Å²) in [6, 6.07) is 0.465. The Kier molecular flexibility index (Phi) is 8.83. The lowest BCUT2D eigenvalue weighted by molar-refractivity contribution is 0.107. The fourth-order valence-corrected chi connectivity index (χ4v) is 2.32. The van der Waals surface area contributed by atoms with Crippen molar-refractivity contribution in [2.24, 2.45) is 5.92 Å². The molecule has 2 atom stereocenters. The van der Waals surface area contributed by atoms with E-state index in [1.807, 2.05) is 7.05 Å². The molecule has 0 saturated heterocycles. The predicted octanol–water partition coefficient (Wildman–Crippen LogP) is 1.26. The third kappa shape index (κ3) is 7.88. The largest absolute Gasteiger partial charge is 0.394 e. The first-order chi connectivity index (χ1) is 8.74. The number of hydrogen-bond donors (Lipinski definition) is 2. The van der Waals surface area contributed by atoms with Crippen LogP contribution in [0.25, 0.3) is 0 Å². The minimum atomic E-state index is -0.188. The first-order valence-corrected chi connectivity index (χ1v) is 7.42. The molecular weight excluding hydrogens is 238 g/mol. The summed E-state index contributed by atoms with van der Waals surface area (Å²) in [7, 11) is 6.16. The van der Waals surface area contributed by atoms with Gasteiger partial charge < -0.3 is 15.3 Å². The van der Waals surface area contributed by atoms with Gasteiger partial charge in [-0.05, 0) is 47.3 Å². The monoisotopic (exact) mass is 273 g/mol. The smallest absolute Gasteiger partial charge is 0.0611 e. The molecule has 2 N–H and O–H groups in total. The van der Waals surface area contributed by atoms with Crippen molar-refractivity contribution in [2.45, 2.75) is 45.7 Å². The Balaban J connectivity index is 4.55. The van der Waals surface area contributed by atoms with Crippen LogP contribution in [0.4, 0.5) is 0 Å². The summed E-state index contributed by atoms with van der Waals surface area (Å²) < 4.78 is 0. The number of hydrogen-bond acceptors (Lipinski definition) is 4. The summed E-state index contributed by atoms with van der Waals surface area (Å²) in [5.41, 5.74) is -0.188. The molecule has 2 unspecified atom stereocenters. The van der Waals surface area contributed by atoms with Crippen molar-refractivity contribution in [3.63, 3.8) is 0 Å². The van der Waals surface area contributed by atoms with Gasteiger partial charge in [0.15, 0.2) is 0 Å². The van der Waals surface area contributed by atoms with Gasteiger partial charge in [-0.1, -0.05) is 13.8 Å². The van der Waals surface area contributed by atoms with Gasteiger partial charge in [0.2, 0.25) is 0 Å². The molecule has 19 heavy (non-hydrogen) atoms. The van der Waals surface area contributed by atoms with Gasteiger partial charge in [-0.15, -0.1) is 0 Å². The SMILES string of the molecule is CNC(C)(CO)CC(C)N(CCN(C)C)CC(C)C. The Morgan fingerprint density at radius 3 is 2.11 bits per heavy atom. The van der Waals surface area contributed by atoms with Crippen molar-refractivity contribution >= 4 is 0 Å². The van der Waals surface area contributed by atoms with Crippen molar-refractivity contribution in [2.75, 3.05) is 47.4 Å². The van der Waals surface area contributed by atoms with E-state index in [1.165, 1.54) is 0 Å². The van der Waals surface area contributed by atoms with Crippen LogP contribution in [0.5, 0.6) is 0 Å². The van der Waals surface area contributed by atoms with E-state index in [2.05, 4.69) is 56.9 Å². The van der Waals surface area contributed by atoms with Crippen LogP contribution in [0.1, 0.15) is 34.1 Å². The van der Waals surface area contributed by atoms with Gasteiger partial charge in [-0.2, -0.15) is 0 Å². The average Bonchev–Trinajstić information content (AvgIpc) is 2.33. The molecular formula is C15H35N3O. The fraction of sp³-hybridized carbons (Fsp3) is 1.00. The Labute approximate surface area is 120 Å². The maximum absolute atomic E-state index is 9.53. The lowest BCUT2D eigenvalue weighted by Gasteiger charge is -2.37. The van der Waals surface area contributed by atoms with E-state index >= 15 is 0 Å². The maximum atomic E-state index is 9.53. The second-order valence-corrected chi connectivity index (χ2v) is 6.71. The molecule has 0 rings (SSSR count). The van der Waals surface area contributed by atoms with Crippen molar-refractivity contribution in [1.29, 1.82) is 0 Å². The molecule has 0 aromatic rings. The van der Waals surface area contributed by atoms with Gasteiger partial charge in [0.05, 0.1) is 6.61 Å². The highest BCUT2D eigenvalue weighted by Gasteiger charge is 2.26. The van der Waals surface area contributed by atoms with E-state index < -0.39 is 0 Å². The number of rotatable bonds is 10. The van der Waals surface area contributed by atoms with Crippen LogP contribution in [0.3, 0.4) is 0 Å². The lowest BCUT2D eigenvalue weighted by Crippen LogP contribution is -2.50. The van der Waals surface area contributed by atoms with E-state index in [4.69, 9.17) is 0 Å². The number of nitrogens with one attached hydrogen (secondary N) is 1. The summed E-state index contributed by atoms with van der Waals surface area (Å²) in [5.74, 6) is 0.666. The molecule has 0 aliphatic carbocycles. The van der Waals surface area contributed by atoms with Gasteiger partial charge in [-0.3, -0.25) is 4.90 Å². The topological polar surface area (TPSA) is 38.7 Å². The van der Waals surface area contributed by atoms with E-state index in [0.717, 1.165) is 26.1 Å². The number of aliphatic hydroxyl groups excluding tert-OH is 1. The van der Waals surface area contributed by atoms with Crippen molar-refractivity contribution in [1.82, 2.24) is 15.1 Å². The maximum Gasteiger partial charge on any atom is 0.0611 e. The number of aliphatic hydroxyl groups is 1. The molecule has 0 aliphatic heterocycles. The predicted molar refractivity (Wildman–Crippen MR) is 83.6 cm³/mol. The summed E-state index contributed by atoms with van der Waals surface area (Å²) >= 11 is 0. The summed E-state index contributed by atoms with van der Waals surface area (Å²) in [4.78, 5) is 4.76. The molecule has 4 nitrogen and oxygen atoms in total. The van der Waals surface area contributed by atoms with Gasteiger partial charge in [0.25, 0.3) is 0 Å². The fourth-order valence-electron chi connectivity index (χ4n) is 2.32. The Bertz CT molecular complexity index is 227. The van der Waals surface area contributed by atoms with E-state index in [1.54, 1.807) is 0 Å². The molecule has 0 spiro atoms. The van der Waals surface area contributed by atoms with Crippen LogP contribution in [0, 0.1) is 5.92 Å². The molecule has 0 amide bonds. The van der Waals surface area contributed by atoms with Crippen LogP contribution >= 0.6 is 0 Å². The molecule has 0 aromatic heterocycles. The second-order valence-electron chi connectivity index (χ2n) is 6.71. The van der Waals surface area contributed by atoms with Crippen LogP contribution in [0.15, 0.2) is 0 Å². The highest BCUT2D eigenvalue weighted by molar-refractivity contribution is 4.86. The first kappa shape index (κ1) is 18.8. The quantitative estimate of drug-likeness (QED) is 0.628. The van der Waals surface area contributed by atoms with E-state index in [0.29, 0.717) is 12.0 Å². The molecule has 0 aromatic carbocycles. The van der Waals surface area contributed by atoms with Gasteiger partial charge in [0, 0.05) is 31.2 Å². The highest BCUT2D eigenvalue weighted by atomic mass is 16.3. The minimum Gasteiger partial charge on any atom is -0.394 e. The average molecular weight is 273 g/mol. The van der Waals surface area contributed by atoms with Gasteiger partial charge >= 0.3 is 0 Å². The first-order valence-electron chi connectivity index (χ1n) is 7.42. The summed E-state index contributed by atoms with van der Waals surface area (Å²) in [6.07, 6.45) is 0.958. The standard InChI is InChI=1S/C15H35N3O/c1-13(2)11-18(9-8-17(6)7)14(3)10-15(4,12-19)16-5/h13-14,16,19H,8-12H2,1-7H3. The van der Waals surface area contributed by atoms with Crippen LogP contribution in [0.2, 0.25) is 0 Å². The number of likely N-dealkylation sites (N-methyl/N-ethyl adjacent to an activating group) is 2. The zero-order chi connectivity index (χ0) is 15.1. The van der Waals surface area contributed by atoms with Crippen LogP contribution < -0.4 is 5.32 Å². The molecule has 0 radical (unpaired) electrons. The van der Waals surface area contributed by atoms with Crippen LogP contribution in [-0.2, 0) is 0 Å². The van der Waals surface area contributed by atoms with E-state index in [-0.39, 0.29) is 12.1 Å². The summed E-state index contributed by atoms with van der Waals surface area (Å²) in [6.45, 7) is 12.3. The molecule has 4 heteroatoms. The van der Waals surface area contributed by atoms with Gasteiger partial charge in [0.1, 0.15) is 0 Å². The molecule has 0 heterocycles. The molecule has 0 aliphatic rings. The van der Waals surface area contributed by atoms with Crippen molar-refractivity contribution in [3.05, 3.63) is 0 Å². The Morgan fingerprint density at radius 1 is 1.16 bits per heavy atom. The summed E-state index contributed by atoms with van der Waals surface area (Å²) in [5, 5.41) is 12.8. The highest BCUT2D eigenvalue weighted by Crippen LogP contribution is 2.16. The zero-order valence-electron chi connectivity index (χ0n) is 14.0. The molecule has 0 bridgehead atoms. The molecule has 0 fully saturated rings. The number of nitrogens with zero attached hydrogens (tertiary/aromatic N) is 2. The molecule has 116 valence electrons. The van der Waals surface area contributed by atoms with Crippen molar-refractivity contribution in [3.8, 4) is 0 Å². The third-order valence-corrected chi connectivity index (χ3v) is 3.76. The lowest BCUT2D eigenvalue weighted by atomic mass is 9.93.